The first-order valence-corrected chi connectivity index (χ1v) is 6.42. The lowest BCUT2D eigenvalue weighted by Gasteiger charge is -2.28. The van der Waals surface area contributed by atoms with Crippen molar-refractivity contribution >= 4 is 0 Å². The molecule has 0 bridgehead atoms. The summed E-state index contributed by atoms with van der Waals surface area (Å²) >= 11 is 0. The highest BCUT2D eigenvalue weighted by Gasteiger charge is 2.21. The van der Waals surface area contributed by atoms with Crippen molar-refractivity contribution in [2.75, 3.05) is 13.6 Å². The van der Waals surface area contributed by atoms with E-state index in [-0.39, 0.29) is 5.60 Å². The summed E-state index contributed by atoms with van der Waals surface area (Å²) in [6.07, 6.45) is 1.13. The Morgan fingerprint density at radius 3 is 2.53 bits per heavy atom. The van der Waals surface area contributed by atoms with Gasteiger partial charge >= 0.3 is 0 Å². The number of hydrogen-bond donors (Lipinski definition) is 1. The molecule has 0 spiro atoms. The summed E-state index contributed by atoms with van der Waals surface area (Å²) in [5, 5.41) is 3.17. The Bertz CT molecular complexity index is 347. The van der Waals surface area contributed by atoms with Gasteiger partial charge in [-0.3, -0.25) is 0 Å². The molecule has 0 saturated carbocycles. The van der Waals surface area contributed by atoms with Crippen LogP contribution in [0.4, 0.5) is 0 Å². The lowest BCUT2D eigenvalue weighted by Crippen LogP contribution is -2.39. The van der Waals surface area contributed by atoms with Crippen LogP contribution in [0.1, 0.15) is 45.6 Å². The number of likely N-dealkylation sites (N-methyl/N-ethyl adjacent to an activating group) is 1. The molecule has 0 aromatic heterocycles. The van der Waals surface area contributed by atoms with Crippen molar-refractivity contribution in [3.63, 3.8) is 0 Å². The third kappa shape index (κ3) is 4.04. The van der Waals surface area contributed by atoms with Crippen LogP contribution < -0.4 is 10.1 Å². The normalized spacial score (nSPS) is 13.5. The van der Waals surface area contributed by atoms with Crippen molar-refractivity contribution in [1.29, 1.82) is 0 Å². The standard InChI is InChI=1S/C15H25NO/c1-6-12(2)13-9-7-8-10-14(13)17-15(3,4)11-16-5/h7-10,12,16H,6,11H2,1-5H3. The summed E-state index contributed by atoms with van der Waals surface area (Å²) in [6, 6.07) is 8.36. The highest BCUT2D eigenvalue weighted by atomic mass is 16.5. The second-order valence-corrected chi connectivity index (χ2v) is 5.24. The zero-order valence-corrected chi connectivity index (χ0v) is 11.7. The smallest absolute Gasteiger partial charge is 0.123 e. The van der Waals surface area contributed by atoms with Crippen LogP contribution in [0, 0.1) is 0 Å². The minimum Gasteiger partial charge on any atom is -0.486 e. The summed E-state index contributed by atoms with van der Waals surface area (Å²) in [6.45, 7) is 9.50. The SMILES string of the molecule is CCC(C)c1ccccc1OC(C)(C)CNC. The monoisotopic (exact) mass is 235 g/mol. The van der Waals surface area contributed by atoms with Gasteiger partial charge in [-0.2, -0.15) is 0 Å². The molecule has 0 heterocycles. The van der Waals surface area contributed by atoms with Crippen LogP contribution in [-0.4, -0.2) is 19.2 Å². The molecule has 0 aliphatic rings. The molecule has 1 rings (SSSR count). The number of para-hydroxylation sites is 1. The Morgan fingerprint density at radius 1 is 1.29 bits per heavy atom. The second kappa shape index (κ2) is 6.06. The van der Waals surface area contributed by atoms with Gasteiger partial charge < -0.3 is 10.1 Å². The minimum absolute atomic E-state index is 0.182. The van der Waals surface area contributed by atoms with Crippen LogP contribution in [0.15, 0.2) is 24.3 Å². The fourth-order valence-electron chi connectivity index (χ4n) is 1.96. The Morgan fingerprint density at radius 2 is 1.94 bits per heavy atom. The fraction of sp³-hybridized carbons (Fsp3) is 0.600. The molecule has 0 amide bonds. The van der Waals surface area contributed by atoms with Gasteiger partial charge in [-0.05, 0) is 44.9 Å². The van der Waals surface area contributed by atoms with E-state index < -0.39 is 0 Å². The average Bonchev–Trinajstić information content (AvgIpc) is 2.28. The minimum atomic E-state index is -0.182. The van der Waals surface area contributed by atoms with Crippen molar-refractivity contribution < 1.29 is 4.74 Å². The van der Waals surface area contributed by atoms with E-state index in [0.717, 1.165) is 18.7 Å². The van der Waals surface area contributed by atoms with Crippen LogP contribution in [-0.2, 0) is 0 Å². The zero-order valence-electron chi connectivity index (χ0n) is 11.7. The van der Waals surface area contributed by atoms with E-state index in [1.54, 1.807) is 0 Å². The molecule has 17 heavy (non-hydrogen) atoms. The highest BCUT2D eigenvalue weighted by Crippen LogP contribution is 2.30. The van der Waals surface area contributed by atoms with Crippen molar-refractivity contribution in [2.45, 2.75) is 45.6 Å². The van der Waals surface area contributed by atoms with Gasteiger partial charge in [0.2, 0.25) is 0 Å². The molecule has 1 N–H and O–H groups in total. The molecule has 96 valence electrons. The summed E-state index contributed by atoms with van der Waals surface area (Å²) in [5.41, 5.74) is 1.12. The molecule has 1 unspecified atom stereocenters. The number of benzene rings is 1. The maximum absolute atomic E-state index is 6.13. The van der Waals surface area contributed by atoms with Gasteiger partial charge in [0.25, 0.3) is 0 Å². The number of ether oxygens (including phenoxy) is 1. The number of nitrogens with one attached hydrogen (secondary N) is 1. The predicted octanol–water partition coefficient (Wildman–Crippen LogP) is 3.58. The molecule has 0 aliphatic carbocycles. The van der Waals surface area contributed by atoms with Gasteiger partial charge in [0, 0.05) is 6.54 Å². The number of rotatable bonds is 6. The van der Waals surface area contributed by atoms with Crippen molar-refractivity contribution in [3.05, 3.63) is 29.8 Å². The number of hydrogen-bond acceptors (Lipinski definition) is 2. The fourth-order valence-corrected chi connectivity index (χ4v) is 1.96. The molecule has 0 aliphatic heterocycles. The molecule has 1 atom stereocenters. The molecular weight excluding hydrogens is 210 g/mol. The van der Waals surface area contributed by atoms with Crippen LogP contribution >= 0.6 is 0 Å². The van der Waals surface area contributed by atoms with Gasteiger partial charge in [-0.15, -0.1) is 0 Å². The molecule has 2 heteroatoms. The maximum Gasteiger partial charge on any atom is 0.123 e. The zero-order chi connectivity index (χ0) is 12.9. The predicted molar refractivity (Wildman–Crippen MR) is 73.8 cm³/mol. The van der Waals surface area contributed by atoms with Gasteiger partial charge in [-0.25, -0.2) is 0 Å². The maximum atomic E-state index is 6.13. The Kier molecular flexibility index (Phi) is 5.01. The van der Waals surface area contributed by atoms with E-state index in [9.17, 15) is 0 Å². The van der Waals surface area contributed by atoms with Gasteiger partial charge in [-0.1, -0.05) is 32.0 Å². The van der Waals surface area contributed by atoms with E-state index in [4.69, 9.17) is 4.74 Å². The average molecular weight is 235 g/mol. The largest absolute Gasteiger partial charge is 0.486 e. The van der Waals surface area contributed by atoms with Crippen molar-refractivity contribution in [2.24, 2.45) is 0 Å². The third-order valence-corrected chi connectivity index (χ3v) is 3.05. The first-order chi connectivity index (χ1) is 8.00. The summed E-state index contributed by atoms with van der Waals surface area (Å²) in [4.78, 5) is 0. The molecule has 1 aromatic rings. The van der Waals surface area contributed by atoms with Gasteiger partial charge in [0.1, 0.15) is 11.4 Å². The highest BCUT2D eigenvalue weighted by molar-refractivity contribution is 5.36. The summed E-state index contributed by atoms with van der Waals surface area (Å²) in [7, 11) is 1.95. The van der Waals surface area contributed by atoms with Crippen LogP contribution in [0.2, 0.25) is 0 Å². The third-order valence-electron chi connectivity index (χ3n) is 3.05. The summed E-state index contributed by atoms with van der Waals surface area (Å²) in [5.74, 6) is 1.55. The van der Waals surface area contributed by atoms with Crippen LogP contribution in [0.5, 0.6) is 5.75 Å². The molecule has 0 saturated heterocycles. The molecule has 0 radical (unpaired) electrons. The lowest BCUT2D eigenvalue weighted by molar-refractivity contribution is 0.109. The van der Waals surface area contributed by atoms with Crippen molar-refractivity contribution in [3.8, 4) is 5.75 Å². The first-order valence-electron chi connectivity index (χ1n) is 6.42. The Balaban J connectivity index is 2.90. The Hall–Kier alpha value is -1.02. The van der Waals surface area contributed by atoms with Crippen molar-refractivity contribution in [1.82, 2.24) is 5.32 Å². The summed E-state index contributed by atoms with van der Waals surface area (Å²) < 4.78 is 6.13. The van der Waals surface area contributed by atoms with Gasteiger partial charge in [0.05, 0.1) is 0 Å². The topological polar surface area (TPSA) is 21.3 Å². The molecular formula is C15H25NO. The van der Waals surface area contributed by atoms with Crippen LogP contribution in [0.25, 0.3) is 0 Å². The van der Waals surface area contributed by atoms with Gasteiger partial charge in [0.15, 0.2) is 0 Å². The lowest BCUT2D eigenvalue weighted by atomic mass is 9.97. The first kappa shape index (κ1) is 14.0. The van der Waals surface area contributed by atoms with E-state index in [0.29, 0.717) is 5.92 Å². The van der Waals surface area contributed by atoms with Crippen LogP contribution in [0.3, 0.4) is 0 Å². The molecule has 0 fully saturated rings. The van der Waals surface area contributed by atoms with E-state index >= 15 is 0 Å². The van der Waals surface area contributed by atoms with E-state index in [1.807, 2.05) is 13.1 Å². The second-order valence-electron chi connectivity index (χ2n) is 5.24. The molecule has 1 aromatic carbocycles. The quantitative estimate of drug-likeness (QED) is 0.813. The Labute approximate surface area is 105 Å². The van der Waals surface area contributed by atoms with E-state index in [1.165, 1.54) is 5.56 Å². The molecule has 2 nitrogen and oxygen atoms in total. The van der Waals surface area contributed by atoms with E-state index in [2.05, 4.69) is 51.2 Å².